The summed E-state index contributed by atoms with van der Waals surface area (Å²) in [5.41, 5.74) is 3.96. The van der Waals surface area contributed by atoms with Crippen molar-refractivity contribution in [1.29, 1.82) is 0 Å². The van der Waals surface area contributed by atoms with E-state index in [0.717, 1.165) is 41.5 Å². The first-order valence-electron chi connectivity index (χ1n) is 16.2. The van der Waals surface area contributed by atoms with Crippen LogP contribution in [0.2, 0.25) is 0 Å². The smallest absolute Gasteiger partial charge is 0.159 e. The minimum absolute atomic E-state index is 0.747. The molecule has 0 N–H and O–H groups in total. The number of hydrogen-bond acceptors (Lipinski definition) is 2. The van der Waals surface area contributed by atoms with Crippen LogP contribution >= 0.6 is 0 Å². The minimum atomic E-state index is 0.747. The van der Waals surface area contributed by atoms with E-state index in [2.05, 4.69) is 38.1 Å². The van der Waals surface area contributed by atoms with Gasteiger partial charge in [0.2, 0.25) is 0 Å². The summed E-state index contributed by atoms with van der Waals surface area (Å²) in [6.07, 6.45) is 30.7. The lowest BCUT2D eigenvalue weighted by Gasteiger charge is -2.38. The summed E-state index contributed by atoms with van der Waals surface area (Å²) < 4.78 is 0. The van der Waals surface area contributed by atoms with Crippen LogP contribution in [0.1, 0.15) is 146 Å². The number of rotatable bonds is 14. The number of unbranched alkanes of at least 4 members (excludes halogenated alkanes) is 7. The van der Waals surface area contributed by atoms with Gasteiger partial charge in [0, 0.05) is 18.0 Å². The normalized spacial score (nSPS) is 24.3. The molecule has 0 amide bonds. The van der Waals surface area contributed by atoms with E-state index in [9.17, 15) is 0 Å². The van der Waals surface area contributed by atoms with Gasteiger partial charge >= 0.3 is 0 Å². The van der Waals surface area contributed by atoms with Gasteiger partial charge in [-0.2, -0.15) is 0 Å². The molecule has 0 spiro atoms. The predicted molar refractivity (Wildman–Crippen MR) is 159 cm³/mol. The number of hydrogen-bond donors (Lipinski definition) is 0. The Morgan fingerprint density at radius 2 is 1.19 bits per heavy atom. The third-order valence-electron chi connectivity index (χ3n) is 9.71. The van der Waals surface area contributed by atoms with Crippen molar-refractivity contribution in [2.75, 3.05) is 0 Å². The van der Waals surface area contributed by atoms with E-state index >= 15 is 0 Å². The van der Waals surface area contributed by atoms with Crippen LogP contribution in [0, 0.1) is 17.8 Å². The van der Waals surface area contributed by atoms with Gasteiger partial charge < -0.3 is 0 Å². The van der Waals surface area contributed by atoms with Crippen LogP contribution in [0.15, 0.2) is 36.7 Å². The van der Waals surface area contributed by atoms with E-state index in [1.54, 1.807) is 0 Å². The zero-order valence-corrected chi connectivity index (χ0v) is 24.1. The highest BCUT2D eigenvalue weighted by atomic mass is 14.9. The summed E-state index contributed by atoms with van der Waals surface area (Å²) in [7, 11) is 0. The second-order valence-electron chi connectivity index (χ2n) is 12.4. The Balaban J connectivity index is 1.18. The molecule has 1 aromatic carbocycles. The van der Waals surface area contributed by atoms with Gasteiger partial charge in [0.25, 0.3) is 0 Å². The number of aromatic nitrogens is 2. The summed E-state index contributed by atoms with van der Waals surface area (Å²) in [6, 6.07) is 9.22. The van der Waals surface area contributed by atoms with Crippen molar-refractivity contribution in [3.63, 3.8) is 0 Å². The molecule has 37 heavy (non-hydrogen) atoms. The van der Waals surface area contributed by atoms with Gasteiger partial charge in [-0.1, -0.05) is 109 Å². The molecule has 1 heterocycles. The summed E-state index contributed by atoms with van der Waals surface area (Å²) >= 11 is 0. The fourth-order valence-corrected chi connectivity index (χ4v) is 7.20. The Bertz CT molecular complexity index is 855. The first-order chi connectivity index (χ1) is 18.3. The van der Waals surface area contributed by atoms with Crippen LogP contribution < -0.4 is 0 Å². The SMILES string of the molecule is CCCCCCCCc1cnc(-c2ccc([C@H]3CC[C@H]([C@H]4CC[C@H](CCCCC)CC4)CC3)cc2)nc1. The standard InChI is InChI=1S/C35H54N2/c1-3-5-7-8-9-11-13-29-26-36-35(37-27-29)34-24-22-33(23-25-34)32-20-18-31(19-21-32)30-16-14-28(15-17-30)12-10-6-4-2/h22-28,30-32H,3-21H2,1-2H3/t28-,30-,31-,32-. The van der Waals surface area contributed by atoms with E-state index < -0.39 is 0 Å². The molecule has 2 aliphatic carbocycles. The van der Waals surface area contributed by atoms with Gasteiger partial charge in [-0.15, -0.1) is 0 Å². The van der Waals surface area contributed by atoms with Crippen LogP contribution in [0.5, 0.6) is 0 Å². The van der Waals surface area contributed by atoms with Crippen LogP contribution in [-0.4, -0.2) is 9.97 Å². The molecule has 2 saturated carbocycles. The molecule has 1 aromatic heterocycles. The molecule has 0 aliphatic heterocycles. The second kappa shape index (κ2) is 15.6. The molecular formula is C35H54N2. The molecular weight excluding hydrogens is 448 g/mol. The quantitative estimate of drug-likeness (QED) is 0.240. The third-order valence-corrected chi connectivity index (χ3v) is 9.71. The van der Waals surface area contributed by atoms with Crippen molar-refractivity contribution in [3.05, 3.63) is 47.8 Å². The maximum atomic E-state index is 4.70. The van der Waals surface area contributed by atoms with Crippen LogP contribution in [0.3, 0.4) is 0 Å². The average Bonchev–Trinajstić information content (AvgIpc) is 2.96. The van der Waals surface area contributed by atoms with E-state index in [1.165, 1.54) is 127 Å². The number of benzene rings is 1. The monoisotopic (exact) mass is 502 g/mol. The Hall–Kier alpha value is -1.70. The maximum Gasteiger partial charge on any atom is 0.159 e. The lowest BCUT2D eigenvalue weighted by molar-refractivity contribution is 0.155. The van der Waals surface area contributed by atoms with E-state index in [-0.39, 0.29) is 0 Å². The zero-order valence-electron chi connectivity index (χ0n) is 24.1. The van der Waals surface area contributed by atoms with Crippen LogP contribution in [0.4, 0.5) is 0 Å². The summed E-state index contributed by atoms with van der Waals surface area (Å²) in [4.78, 5) is 9.39. The lowest BCUT2D eigenvalue weighted by Crippen LogP contribution is -2.25. The van der Waals surface area contributed by atoms with Crippen molar-refractivity contribution in [3.8, 4) is 11.4 Å². The van der Waals surface area contributed by atoms with Gasteiger partial charge in [-0.05, 0) is 86.2 Å². The molecule has 2 heteroatoms. The van der Waals surface area contributed by atoms with E-state index in [1.807, 2.05) is 12.4 Å². The van der Waals surface area contributed by atoms with Gasteiger partial charge in [0.15, 0.2) is 5.82 Å². The molecule has 4 rings (SSSR count). The third kappa shape index (κ3) is 8.93. The van der Waals surface area contributed by atoms with Gasteiger partial charge in [0.05, 0.1) is 0 Å². The fourth-order valence-electron chi connectivity index (χ4n) is 7.20. The maximum absolute atomic E-state index is 4.70. The first-order valence-corrected chi connectivity index (χ1v) is 16.2. The van der Waals surface area contributed by atoms with Gasteiger partial charge in [-0.3, -0.25) is 0 Å². The molecule has 0 atom stereocenters. The number of nitrogens with zero attached hydrogens (tertiary/aromatic N) is 2. The highest BCUT2D eigenvalue weighted by Crippen LogP contribution is 2.44. The Kier molecular flexibility index (Phi) is 12.0. The summed E-state index contributed by atoms with van der Waals surface area (Å²) in [5, 5.41) is 0. The molecule has 2 nitrogen and oxygen atoms in total. The molecule has 2 aliphatic rings. The second-order valence-corrected chi connectivity index (χ2v) is 12.4. The van der Waals surface area contributed by atoms with E-state index in [4.69, 9.17) is 9.97 Å². The van der Waals surface area contributed by atoms with Crippen LogP contribution in [-0.2, 0) is 6.42 Å². The van der Waals surface area contributed by atoms with Crippen molar-refractivity contribution in [2.24, 2.45) is 17.8 Å². The average molecular weight is 503 g/mol. The van der Waals surface area contributed by atoms with Gasteiger partial charge in [-0.25, -0.2) is 9.97 Å². The zero-order chi connectivity index (χ0) is 25.7. The topological polar surface area (TPSA) is 25.8 Å². The molecule has 0 unspecified atom stereocenters. The Labute approximate surface area is 228 Å². The Morgan fingerprint density at radius 3 is 1.84 bits per heavy atom. The highest BCUT2D eigenvalue weighted by Gasteiger charge is 2.31. The molecule has 2 aromatic rings. The first kappa shape index (κ1) is 28.3. The Morgan fingerprint density at radius 1 is 0.622 bits per heavy atom. The number of aryl methyl sites for hydroxylation is 1. The largest absolute Gasteiger partial charge is 0.236 e. The molecule has 0 bridgehead atoms. The van der Waals surface area contributed by atoms with E-state index in [0.29, 0.717) is 0 Å². The highest BCUT2D eigenvalue weighted by molar-refractivity contribution is 5.55. The minimum Gasteiger partial charge on any atom is -0.236 e. The summed E-state index contributed by atoms with van der Waals surface area (Å²) in [5.74, 6) is 4.67. The molecule has 0 saturated heterocycles. The van der Waals surface area contributed by atoms with Crippen LogP contribution in [0.25, 0.3) is 11.4 Å². The molecule has 204 valence electrons. The lowest BCUT2D eigenvalue weighted by atomic mass is 9.68. The fraction of sp³-hybridized carbons (Fsp3) is 0.714. The van der Waals surface area contributed by atoms with Crippen molar-refractivity contribution >= 4 is 0 Å². The van der Waals surface area contributed by atoms with Crippen molar-refractivity contribution in [1.82, 2.24) is 9.97 Å². The summed E-state index contributed by atoms with van der Waals surface area (Å²) in [6.45, 7) is 4.60. The molecule has 2 fully saturated rings. The predicted octanol–water partition coefficient (Wildman–Crippen LogP) is 10.7. The molecule has 0 radical (unpaired) electrons. The van der Waals surface area contributed by atoms with Crippen molar-refractivity contribution < 1.29 is 0 Å². The van der Waals surface area contributed by atoms with Crippen molar-refractivity contribution in [2.45, 2.75) is 142 Å². The van der Waals surface area contributed by atoms with Gasteiger partial charge in [0.1, 0.15) is 0 Å².